The lowest BCUT2D eigenvalue weighted by Crippen LogP contribution is -2.40. The van der Waals surface area contributed by atoms with Gasteiger partial charge in [-0.25, -0.2) is 0 Å². The van der Waals surface area contributed by atoms with E-state index < -0.39 is 0 Å². The summed E-state index contributed by atoms with van der Waals surface area (Å²) in [6, 6.07) is 7.63. The highest BCUT2D eigenvalue weighted by molar-refractivity contribution is 5.75. The minimum atomic E-state index is -0.102. The Kier molecular flexibility index (Phi) is 4.63. The molecular formula is C17H23NO3. The summed E-state index contributed by atoms with van der Waals surface area (Å²) >= 11 is 0. The van der Waals surface area contributed by atoms with Gasteiger partial charge in [-0.05, 0) is 24.5 Å². The molecule has 2 aliphatic rings. The Hall–Kier alpha value is -1.71. The van der Waals surface area contributed by atoms with Gasteiger partial charge in [-0.1, -0.05) is 37.8 Å². The molecule has 0 aromatic heterocycles. The average Bonchev–Trinajstić information content (AvgIpc) is 3.04. The van der Waals surface area contributed by atoms with E-state index in [0.29, 0.717) is 19.6 Å². The van der Waals surface area contributed by atoms with Crippen LogP contribution in [-0.2, 0) is 4.79 Å². The molecule has 1 saturated carbocycles. The molecule has 1 unspecified atom stereocenters. The van der Waals surface area contributed by atoms with E-state index >= 15 is 0 Å². The summed E-state index contributed by atoms with van der Waals surface area (Å²) in [5.41, 5.74) is 0. The van der Waals surface area contributed by atoms with Crippen LogP contribution in [0.1, 0.15) is 38.5 Å². The van der Waals surface area contributed by atoms with Crippen molar-refractivity contribution in [2.75, 3.05) is 13.2 Å². The maximum Gasteiger partial charge on any atom is 0.220 e. The Morgan fingerprint density at radius 1 is 1.19 bits per heavy atom. The number of carbonyl (C=O) groups is 1. The predicted octanol–water partition coefficient (Wildman–Crippen LogP) is 2.91. The molecule has 1 amide bonds. The zero-order valence-electron chi connectivity index (χ0n) is 12.3. The second-order valence-electron chi connectivity index (χ2n) is 5.99. The highest BCUT2D eigenvalue weighted by Gasteiger charge is 2.21. The first-order valence-electron chi connectivity index (χ1n) is 7.96. The number of hydrogen-bond donors (Lipinski definition) is 1. The fraction of sp³-hybridized carbons (Fsp3) is 0.588. The van der Waals surface area contributed by atoms with Gasteiger partial charge in [0, 0.05) is 6.42 Å². The van der Waals surface area contributed by atoms with Crippen LogP contribution in [0.25, 0.3) is 0 Å². The lowest BCUT2D eigenvalue weighted by atomic mass is 10.0. The van der Waals surface area contributed by atoms with Crippen molar-refractivity contribution in [1.29, 1.82) is 0 Å². The third-order valence-corrected chi connectivity index (χ3v) is 4.35. The monoisotopic (exact) mass is 289 g/mol. The van der Waals surface area contributed by atoms with E-state index in [1.165, 1.54) is 25.7 Å². The quantitative estimate of drug-likeness (QED) is 0.906. The molecular weight excluding hydrogens is 266 g/mol. The van der Waals surface area contributed by atoms with Crippen LogP contribution >= 0.6 is 0 Å². The summed E-state index contributed by atoms with van der Waals surface area (Å²) < 4.78 is 11.5. The molecule has 114 valence electrons. The number of carbonyl (C=O) groups excluding carboxylic acids is 1. The van der Waals surface area contributed by atoms with Gasteiger partial charge in [0.2, 0.25) is 5.91 Å². The summed E-state index contributed by atoms with van der Waals surface area (Å²) in [5.74, 6) is 2.43. The van der Waals surface area contributed by atoms with Gasteiger partial charge in [0.25, 0.3) is 0 Å². The highest BCUT2D eigenvalue weighted by atomic mass is 16.6. The van der Waals surface area contributed by atoms with E-state index in [4.69, 9.17) is 9.47 Å². The number of ether oxygens (including phenoxy) is 2. The van der Waals surface area contributed by atoms with E-state index in [-0.39, 0.29) is 12.0 Å². The van der Waals surface area contributed by atoms with Gasteiger partial charge < -0.3 is 14.8 Å². The van der Waals surface area contributed by atoms with Gasteiger partial charge in [0.1, 0.15) is 12.7 Å². The molecule has 1 aliphatic carbocycles. The first-order valence-corrected chi connectivity index (χ1v) is 7.96. The molecule has 1 aromatic rings. The standard InChI is InChI=1S/C17H23NO3/c19-17(10-9-13-5-1-2-6-13)18-11-14-12-20-15-7-3-4-8-16(15)21-14/h3-4,7-8,13-14H,1-2,5-6,9-12H2,(H,18,19). The van der Waals surface area contributed by atoms with E-state index in [9.17, 15) is 4.79 Å². The van der Waals surface area contributed by atoms with E-state index in [2.05, 4.69) is 5.32 Å². The summed E-state index contributed by atoms with van der Waals surface area (Å²) in [7, 11) is 0. The number of fused-ring (bicyclic) bond motifs is 1. The zero-order valence-corrected chi connectivity index (χ0v) is 12.3. The van der Waals surface area contributed by atoms with Crippen LogP contribution in [0.3, 0.4) is 0 Å². The number of hydrogen-bond acceptors (Lipinski definition) is 3. The number of nitrogens with one attached hydrogen (secondary N) is 1. The minimum absolute atomic E-state index is 0.102. The van der Waals surface area contributed by atoms with Crippen molar-refractivity contribution in [3.05, 3.63) is 24.3 Å². The minimum Gasteiger partial charge on any atom is -0.486 e. The van der Waals surface area contributed by atoms with Crippen molar-refractivity contribution >= 4 is 5.91 Å². The smallest absolute Gasteiger partial charge is 0.220 e. The maximum atomic E-state index is 11.9. The average molecular weight is 289 g/mol. The van der Waals surface area contributed by atoms with E-state index in [0.717, 1.165) is 23.8 Å². The summed E-state index contributed by atoms with van der Waals surface area (Å²) in [5, 5.41) is 2.96. The fourth-order valence-electron chi connectivity index (χ4n) is 3.11. The summed E-state index contributed by atoms with van der Waals surface area (Å²) in [6.07, 6.45) is 6.81. The third-order valence-electron chi connectivity index (χ3n) is 4.35. The van der Waals surface area contributed by atoms with Crippen LogP contribution in [0.5, 0.6) is 11.5 Å². The van der Waals surface area contributed by atoms with Crippen molar-refractivity contribution in [3.63, 3.8) is 0 Å². The van der Waals surface area contributed by atoms with Crippen molar-refractivity contribution < 1.29 is 14.3 Å². The molecule has 1 aliphatic heterocycles. The molecule has 4 nitrogen and oxygen atoms in total. The van der Waals surface area contributed by atoms with Crippen molar-refractivity contribution in [3.8, 4) is 11.5 Å². The van der Waals surface area contributed by atoms with E-state index in [1.807, 2.05) is 24.3 Å². The molecule has 4 heteroatoms. The van der Waals surface area contributed by atoms with Crippen molar-refractivity contribution in [2.45, 2.75) is 44.6 Å². The summed E-state index contributed by atoms with van der Waals surface area (Å²) in [6.45, 7) is 0.998. The van der Waals surface area contributed by atoms with Crippen LogP contribution in [0.4, 0.5) is 0 Å². The van der Waals surface area contributed by atoms with Gasteiger partial charge >= 0.3 is 0 Å². The molecule has 0 spiro atoms. The predicted molar refractivity (Wildman–Crippen MR) is 80.6 cm³/mol. The van der Waals surface area contributed by atoms with Crippen LogP contribution in [-0.4, -0.2) is 25.2 Å². The molecule has 1 N–H and O–H groups in total. The Bertz CT molecular complexity index is 483. The lowest BCUT2D eigenvalue weighted by molar-refractivity contribution is -0.121. The number of para-hydroxylation sites is 2. The SMILES string of the molecule is O=C(CCC1CCCC1)NCC1COc2ccccc2O1. The molecule has 0 saturated heterocycles. The van der Waals surface area contributed by atoms with Gasteiger partial charge in [0.15, 0.2) is 11.5 Å². The third kappa shape index (κ3) is 3.90. The number of rotatable bonds is 5. The number of benzene rings is 1. The Labute approximate surface area is 125 Å². The first kappa shape index (κ1) is 14.2. The Balaban J connectivity index is 1.38. The molecule has 3 rings (SSSR count). The Morgan fingerprint density at radius 2 is 1.95 bits per heavy atom. The Morgan fingerprint density at radius 3 is 2.76 bits per heavy atom. The number of amides is 1. The normalized spacial score (nSPS) is 21.2. The second-order valence-corrected chi connectivity index (χ2v) is 5.99. The van der Waals surface area contributed by atoms with Gasteiger partial charge in [-0.15, -0.1) is 0 Å². The van der Waals surface area contributed by atoms with Crippen LogP contribution in [0.2, 0.25) is 0 Å². The topological polar surface area (TPSA) is 47.6 Å². The molecule has 0 bridgehead atoms. The van der Waals surface area contributed by atoms with Crippen LogP contribution < -0.4 is 14.8 Å². The van der Waals surface area contributed by atoms with Gasteiger partial charge in [0.05, 0.1) is 6.54 Å². The first-order chi connectivity index (χ1) is 10.3. The second kappa shape index (κ2) is 6.83. The molecule has 1 fully saturated rings. The maximum absolute atomic E-state index is 11.9. The largest absolute Gasteiger partial charge is 0.486 e. The molecule has 1 heterocycles. The van der Waals surface area contributed by atoms with Crippen LogP contribution in [0.15, 0.2) is 24.3 Å². The summed E-state index contributed by atoms with van der Waals surface area (Å²) in [4.78, 5) is 11.9. The van der Waals surface area contributed by atoms with Gasteiger partial charge in [-0.3, -0.25) is 4.79 Å². The van der Waals surface area contributed by atoms with E-state index in [1.54, 1.807) is 0 Å². The van der Waals surface area contributed by atoms with Gasteiger partial charge in [-0.2, -0.15) is 0 Å². The molecule has 0 radical (unpaired) electrons. The highest BCUT2D eigenvalue weighted by Crippen LogP contribution is 2.31. The van der Waals surface area contributed by atoms with Crippen molar-refractivity contribution in [1.82, 2.24) is 5.32 Å². The fourth-order valence-corrected chi connectivity index (χ4v) is 3.11. The lowest BCUT2D eigenvalue weighted by Gasteiger charge is -2.26. The molecule has 21 heavy (non-hydrogen) atoms. The molecule has 1 aromatic carbocycles. The van der Waals surface area contributed by atoms with Crippen LogP contribution in [0, 0.1) is 5.92 Å². The van der Waals surface area contributed by atoms with Crippen molar-refractivity contribution in [2.24, 2.45) is 5.92 Å². The molecule has 1 atom stereocenters. The zero-order chi connectivity index (χ0) is 14.5.